The van der Waals surface area contributed by atoms with E-state index in [4.69, 9.17) is 9.15 Å². The van der Waals surface area contributed by atoms with Crippen LogP contribution >= 0.6 is 11.8 Å². The van der Waals surface area contributed by atoms with E-state index >= 15 is 0 Å². The number of methoxy groups -OCH3 is 1. The lowest BCUT2D eigenvalue weighted by molar-refractivity contribution is 0.390. The van der Waals surface area contributed by atoms with Gasteiger partial charge in [0.25, 0.3) is 0 Å². The molecule has 102 valence electrons. The summed E-state index contributed by atoms with van der Waals surface area (Å²) in [5.41, 5.74) is 0.848. The summed E-state index contributed by atoms with van der Waals surface area (Å²) in [6.07, 6.45) is 4.64. The number of hydrogen-bond acceptors (Lipinski definition) is 5. The SMILES string of the molecule is CO/C(=N\N=Cc1cc2ccccc2o1)C1CC=CS1. The number of furan rings is 1. The molecule has 1 aromatic carbocycles. The number of thioether (sulfide) groups is 1. The zero-order chi connectivity index (χ0) is 13.8. The summed E-state index contributed by atoms with van der Waals surface area (Å²) in [5, 5.41) is 11.5. The molecule has 5 heteroatoms. The van der Waals surface area contributed by atoms with Gasteiger partial charge in [0.05, 0.1) is 18.6 Å². The fourth-order valence-corrected chi connectivity index (χ4v) is 2.88. The molecular formula is C15H14N2O2S. The van der Waals surface area contributed by atoms with E-state index in [0.717, 1.165) is 17.4 Å². The van der Waals surface area contributed by atoms with E-state index in [0.29, 0.717) is 11.7 Å². The summed E-state index contributed by atoms with van der Waals surface area (Å²) in [5.74, 6) is 1.31. The van der Waals surface area contributed by atoms with Gasteiger partial charge in [0, 0.05) is 5.39 Å². The maximum Gasteiger partial charge on any atom is 0.222 e. The number of nitrogens with zero attached hydrogens (tertiary/aromatic N) is 2. The molecule has 0 N–H and O–H groups in total. The molecule has 2 aromatic rings. The zero-order valence-electron chi connectivity index (χ0n) is 11.0. The minimum Gasteiger partial charge on any atom is -0.482 e. The Bertz CT molecular complexity index is 647. The third-order valence-corrected chi connectivity index (χ3v) is 4.03. The molecule has 2 heterocycles. The molecule has 0 amide bonds. The predicted molar refractivity (Wildman–Crippen MR) is 83.4 cm³/mol. The number of benzene rings is 1. The lowest BCUT2D eigenvalue weighted by atomic mass is 10.2. The molecule has 1 aliphatic rings. The highest BCUT2D eigenvalue weighted by Gasteiger charge is 2.18. The van der Waals surface area contributed by atoms with Gasteiger partial charge < -0.3 is 9.15 Å². The predicted octanol–water partition coefficient (Wildman–Crippen LogP) is 3.83. The van der Waals surface area contributed by atoms with Crippen LogP contribution in [0.2, 0.25) is 0 Å². The van der Waals surface area contributed by atoms with E-state index < -0.39 is 0 Å². The van der Waals surface area contributed by atoms with Crippen molar-refractivity contribution in [2.24, 2.45) is 10.2 Å². The summed E-state index contributed by atoms with van der Waals surface area (Å²) in [4.78, 5) is 0. The summed E-state index contributed by atoms with van der Waals surface area (Å²) in [6.45, 7) is 0. The van der Waals surface area contributed by atoms with Gasteiger partial charge in [-0.25, -0.2) is 0 Å². The first-order chi connectivity index (χ1) is 9.86. The Kier molecular flexibility index (Phi) is 3.87. The van der Waals surface area contributed by atoms with E-state index in [1.54, 1.807) is 25.1 Å². The number of hydrogen-bond donors (Lipinski definition) is 0. The topological polar surface area (TPSA) is 47.1 Å². The highest BCUT2D eigenvalue weighted by atomic mass is 32.2. The largest absolute Gasteiger partial charge is 0.482 e. The minimum absolute atomic E-state index is 0.229. The first kappa shape index (κ1) is 13.0. The van der Waals surface area contributed by atoms with Crippen molar-refractivity contribution >= 4 is 34.8 Å². The molecule has 3 rings (SSSR count). The van der Waals surface area contributed by atoms with Crippen molar-refractivity contribution in [3.05, 3.63) is 47.6 Å². The van der Waals surface area contributed by atoms with Crippen molar-refractivity contribution in [1.29, 1.82) is 0 Å². The lowest BCUT2D eigenvalue weighted by Gasteiger charge is -2.08. The molecule has 1 aliphatic heterocycles. The number of rotatable bonds is 3. The van der Waals surface area contributed by atoms with Crippen LogP contribution in [0.4, 0.5) is 0 Å². The summed E-state index contributed by atoms with van der Waals surface area (Å²) in [7, 11) is 1.62. The Morgan fingerprint density at radius 2 is 2.35 bits per heavy atom. The zero-order valence-corrected chi connectivity index (χ0v) is 11.8. The van der Waals surface area contributed by atoms with E-state index in [1.165, 1.54) is 0 Å². The number of ether oxygens (including phenoxy) is 1. The standard InChI is InChI=1S/C15H14N2O2S/c1-18-15(14-7-4-8-20-14)17-16-10-12-9-11-5-2-3-6-13(11)19-12/h2-6,8-10,14H,7H2,1H3/b16-10?,17-15-. The van der Waals surface area contributed by atoms with Crippen LogP contribution in [0, 0.1) is 0 Å². The molecule has 0 aliphatic carbocycles. The van der Waals surface area contributed by atoms with Gasteiger partial charge in [0.2, 0.25) is 5.90 Å². The molecule has 4 nitrogen and oxygen atoms in total. The lowest BCUT2D eigenvalue weighted by Crippen LogP contribution is -2.15. The van der Waals surface area contributed by atoms with Gasteiger partial charge in [-0.3, -0.25) is 0 Å². The van der Waals surface area contributed by atoms with Crippen LogP contribution in [0.15, 0.2) is 56.4 Å². The highest BCUT2D eigenvalue weighted by molar-refractivity contribution is 8.03. The van der Waals surface area contributed by atoms with Crippen LogP contribution in [-0.2, 0) is 4.74 Å². The second-order valence-corrected chi connectivity index (χ2v) is 5.42. The first-order valence-corrected chi connectivity index (χ1v) is 7.25. The van der Waals surface area contributed by atoms with Crippen LogP contribution < -0.4 is 0 Å². The number of allylic oxidation sites excluding steroid dienone is 1. The molecule has 0 radical (unpaired) electrons. The Morgan fingerprint density at radius 1 is 1.45 bits per heavy atom. The van der Waals surface area contributed by atoms with Gasteiger partial charge in [0.1, 0.15) is 11.3 Å². The average molecular weight is 286 g/mol. The Hall–Kier alpha value is -2.01. The van der Waals surface area contributed by atoms with E-state index in [1.807, 2.05) is 30.3 Å². The second-order valence-electron chi connectivity index (χ2n) is 4.31. The molecule has 0 saturated carbocycles. The molecule has 1 aromatic heterocycles. The van der Waals surface area contributed by atoms with Crippen molar-refractivity contribution in [3.8, 4) is 0 Å². The maximum atomic E-state index is 5.63. The minimum atomic E-state index is 0.229. The molecule has 20 heavy (non-hydrogen) atoms. The number of para-hydroxylation sites is 1. The van der Waals surface area contributed by atoms with Crippen molar-refractivity contribution in [2.75, 3.05) is 7.11 Å². The van der Waals surface area contributed by atoms with Crippen molar-refractivity contribution < 1.29 is 9.15 Å². The molecule has 1 unspecified atom stereocenters. The van der Waals surface area contributed by atoms with Crippen LogP contribution in [0.1, 0.15) is 12.2 Å². The van der Waals surface area contributed by atoms with Gasteiger partial charge in [-0.15, -0.1) is 16.9 Å². The van der Waals surface area contributed by atoms with Gasteiger partial charge in [-0.05, 0) is 24.0 Å². The quantitative estimate of drug-likeness (QED) is 0.489. The van der Waals surface area contributed by atoms with Crippen molar-refractivity contribution in [3.63, 3.8) is 0 Å². The van der Waals surface area contributed by atoms with Crippen molar-refractivity contribution in [2.45, 2.75) is 11.7 Å². The summed E-state index contributed by atoms with van der Waals surface area (Å²) >= 11 is 1.69. The van der Waals surface area contributed by atoms with Gasteiger partial charge in [0.15, 0.2) is 0 Å². The fourth-order valence-electron chi connectivity index (χ4n) is 1.99. The molecule has 0 saturated heterocycles. The third-order valence-electron chi connectivity index (χ3n) is 2.96. The van der Waals surface area contributed by atoms with E-state index in [9.17, 15) is 0 Å². The molecule has 0 bridgehead atoms. The van der Waals surface area contributed by atoms with Crippen LogP contribution in [-0.4, -0.2) is 24.5 Å². The fraction of sp³-hybridized carbons (Fsp3) is 0.200. The molecule has 1 atom stereocenters. The third kappa shape index (κ3) is 2.77. The molecular weight excluding hydrogens is 272 g/mol. The van der Waals surface area contributed by atoms with Gasteiger partial charge in [-0.1, -0.05) is 24.3 Å². The number of fused-ring (bicyclic) bond motifs is 1. The summed E-state index contributed by atoms with van der Waals surface area (Å²) < 4.78 is 10.9. The van der Waals surface area contributed by atoms with Crippen LogP contribution in [0.3, 0.4) is 0 Å². The maximum absolute atomic E-state index is 5.63. The van der Waals surface area contributed by atoms with Gasteiger partial charge in [-0.2, -0.15) is 5.10 Å². The Morgan fingerprint density at radius 3 is 3.10 bits per heavy atom. The van der Waals surface area contributed by atoms with E-state index in [-0.39, 0.29) is 5.25 Å². The average Bonchev–Trinajstić information content (AvgIpc) is 3.12. The normalized spacial score (nSPS) is 19.2. The van der Waals surface area contributed by atoms with Gasteiger partial charge >= 0.3 is 0 Å². The second kappa shape index (κ2) is 5.96. The summed E-state index contributed by atoms with van der Waals surface area (Å²) in [6, 6.07) is 9.79. The first-order valence-electron chi connectivity index (χ1n) is 6.31. The van der Waals surface area contributed by atoms with E-state index in [2.05, 4.69) is 21.7 Å². The monoisotopic (exact) mass is 286 g/mol. The Balaban J connectivity index is 1.75. The van der Waals surface area contributed by atoms with Crippen LogP contribution in [0.5, 0.6) is 0 Å². The highest BCUT2D eigenvalue weighted by Crippen LogP contribution is 2.25. The molecule has 0 spiro atoms. The molecule has 0 fully saturated rings. The van der Waals surface area contributed by atoms with Crippen molar-refractivity contribution in [1.82, 2.24) is 0 Å². The smallest absolute Gasteiger partial charge is 0.222 e. The Labute approximate surface area is 121 Å². The van der Waals surface area contributed by atoms with Crippen LogP contribution in [0.25, 0.3) is 11.0 Å².